The van der Waals surface area contributed by atoms with Gasteiger partial charge >= 0.3 is 0 Å². The molecule has 0 radical (unpaired) electrons. The largest absolute Gasteiger partial charge is 0.488 e. The van der Waals surface area contributed by atoms with Gasteiger partial charge in [0.15, 0.2) is 5.76 Å². The molecule has 2 aliphatic rings. The van der Waals surface area contributed by atoms with E-state index in [1.165, 1.54) is 0 Å². The van der Waals surface area contributed by atoms with Crippen LogP contribution in [0.25, 0.3) is 0 Å². The summed E-state index contributed by atoms with van der Waals surface area (Å²) in [6.07, 6.45) is 4.83. The van der Waals surface area contributed by atoms with Gasteiger partial charge in [-0.25, -0.2) is 0 Å². The molecule has 2 heterocycles. The van der Waals surface area contributed by atoms with E-state index >= 15 is 0 Å². The maximum atomic E-state index is 12.3. The summed E-state index contributed by atoms with van der Waals surface area (Å²) in [6.45, 7) is 1.45. The molecule has 0 N–H and O–H groups in total. The number of hydrogen-bond acceptors (Lipinski definition) is 2. The number of amides is 1. The van der Waals surface area contributed by atoms with Gasteiger partial charge in [-0.1, -0.05) is 23.7 Å². The fourth-order valence-electron chi connectivity index (χ4n) is 2.51. The van der Waals surface area contributed by atoms with Crippen molar-refractivity contribution in [3.8, 4) is 0 Å². The van der Waals surface area contributed by atoms with Gasteiger partial charge in [0.1, 0.15) is 0 Å². The quantitative estimate of drug-likeness (QED) is 0.830. The highest BCUT2D eigenvalue weighted by molar-refractivity contribution is 6.30. The van der Waals surface area contributed by atoms with Crippen LogP contribution in [0.3, 0.4) is 0 Å². The van der Waals surface area contributed by atoms with Gasteiger partial charge in [0, 0.05) is 11.6 Å². The van der Waals surface area contributed by atoms with Crippen LogP contribution in [-0.2, 0) is 9.53 Å². The van der Waals surface area contributed by atoms with E-state index in [2.05, 4.69) is 0 Å². The third-order valence-electron chi connectivity index (χ3n) is 3.68. The number of halogens is 1. The molecule has 1 amide bonds. The predicted molar refractivity (Wildman–Crippen MR) is 73.8 cm³/mol. The summed E-state index contributed by atoms with van der Waals surface area (Å²) in [5, 5.41) is 0.722. The highest BCUT2D eigenvalue weighted by atomic mass is 35.5. The van der Waals surface area contributed by atoms with Crippen molar-refractivity contribution in [2.45, 2.75) is 25.3 Å². The van der Waals surface area contributed by atoms with E-state index in [9.17, 15) is 4.79 Å². The highest BCUT2D eigenvalue weighted by Gasteiger charge is 2.35. The summed E-state index contributed by atoms with van der Waals surface area (Å²) in [4.78, 5) is 14.2. The SMILES string of the molecule is O=C(C1=CCCCO1)N1CCC1c1ccc(Cl)cc1. The Morgan fingerprint density at radius 3 is 2.68 bits per heavy atom. The number of hydrogen-bond donors (Lipinski definition) is 0. The van der Waals surface area contributed by atoms with Crippen molar-refractivity contribution in [1.29, 1.82) is 0 Å². The second-order valence-corrected chi connectivity index (χ2v) is 5.35. The van der Waals surface area contributed by atoms with Crippen molar-refractivity contribution >= 4 is 17.5 Å². The van der Waals surface area contributed by atoms with E-state index in [1.54, 1.807) is 0 Å². The van der Waals surface area contributed by atoms with Crippen molar-refractivity contribution in [3.05, 3.63) is 46.7 Å². The van der Waals surface area contributed by atoms with Crippen LogP contribution in [0.2, 0.25) is 5.02 Å². The van der Waals surface area contributed by atoms with E-state index in [0.717, 1.165) is 36.4 Å². The van der Waals surface area contributed by atoms with Crippen molar-refractivity contribution < 1.29 is 9.53 Å². The fraction of sp³-hybridized carbons (Fsp3) is 0.400. The van der Waals surface area contributed by atoms with Gasteiger partial charge in [0.2, 0.25) is 0 Å². The zero-order valence-electron chi connectivity index (χ0n) is 10.6. The molecule has 1 atom stereocenters. The maximum Gasteiger partial charge on any atom is 0.289 e. The monoisotopic (exact) mass is 277 g/mol. The molecule has 0 bridgehead atoms. The van der Waals surface area contributed by atoms with Crippen LogP contribution >= 0.6 is 11.6 Å². The molecule has 1 saturated heterocycles. The Balaban J connectivity index is 1.73. The first-order valence-corrected chi connectivity index (χ1v) is 7.03. The Labute approximate surface area is 117 Å². The van der Waals surface area contributed by atoms with E-state index in [4.69, 9.17) is 16.3 Å². The van der Waals surface area contributed by atoms with Gasteiger partial charge in [-0.15, -0.1) is 0 Å². The standard InChI is InChI=1S/C15H16ClNO2/c16-12-6-4-11(5-7-12)13-8-9-17(13)15(18)14-3-1-2-10-19-14/h3-7,13H,1-2,8-10H2. The van der Waals surface area contributed by atoms with Crippen LogP contribution in [0.4, 0.5) is 0 Å². The molecule has 1 unspecified atom stereocenters. The smallest absolute Gasteiger partial charge is 0.289 e. The summed E-state index contributed by atoms with van der Waals surface area (Å²) in [5.74, 6) is 0.538. The van der Waals surface area contributed by atoms with Gasteiger partial charge in [0.25, 0.3) is 5.91 Å². The molecule has 1 aromatic rings. The molecule has 1 fully saturated rings. The van der Waals surface area contributed by atoms with Crippen molar-refractivity contribution in [3.63, 3.8) is 0 Å². The molecule has 19 heavy (non-hydrogen) atoms. The minimum atomic E-state index is 0.0194. The molecule has 100 valence electrons. The average molecular weight is 278 g/mol. The first kappa shape index (κ1) is 12.5. The number of allylic oxidation sites excluding steroid dienone is 1. The Hall–Kier alpha value is -1.48. The fourth-order valence-corrected chi connectivity index (χ4v) is 2.64. The molecule has 0 saturated carbocycles. The number of ether oxygens (including phenoxy) is 1. The number of benzene rings is 1. The summed E-state index contributed by atoms with van der Waals surface area (Å²) in [6, 6.07) is 7.88. The topological polar surface area (TPSA) is 29.5 Å². The minimum Gasteiger partial charge on any atom is -0.488 e. The first-order chi connectivity index (χ1) is 9.25. The van der Waals surface area contributed by atoms with Crippen molar-refractivity contribution in [2.75, 3.05) is 13.2 Å². The molecule has 0 spiro atoms. The predicted octanol–water partition coefficient (Wildman–Crippen LogP) is 3.31. The van der Waals surface area contributed by atoms with Gasteiger partial charge < -0.3 is 9.64 Å². The number of likely N-dealkylation sites (tertiary alicyclic amines) is 1. The van der Waals surface area contributed by atoms with Crippen LogP contribution in [0.1, 0.15) is 30.9 Å². The summed E-state index contributed by atoms with van der Waals surface area (Å²) >= 11 is 5.89. The zero-order valence-corrected chi connectivity index (χ0v) is 11.4. The number of carbonyl (C=O) groups excluding carboxylic acids is 1. The molecular formula is C15H16ClNO2. The van der Waals surface area contributed by atoms with E-state index in [-0.39, 0.29) is 11.9 Å². The molecule has 1 aromatic carbocycles. The Bertz CT molecular complexity index is 509. The minimum absolute atomic E-state index is 0.0194. The van der Waals surface area contributed by atoms with Gasteiger partial charge in [0.05, 0.1) is 12.6 Å². The maximum absolute atomic E-state index is 12.3. The van der Waals surface area contributed by atoms with Gasteiger partial charge in [-0.05, 0) is 43.0 Å². The van der Waals surface area contributed by atoms with Crippen LogP contribution in [0.5, 0.6) is 0 Å². The van der Waals surface area contributed by atoms with Gasteiger partial charge in [-0.3, -0.25) is 4.79 Å². The third kappa shape index (κ3) is 2.47. The number of carbonyl (C=O) groups is 1. The molecule has 0 aliphatic carbocycles. The number of nitrogens with zero attached hydrogens (tertiary/aromatic N) is 1. The molecule has 4 heteroatoms. The summed E-state index contributed by atoms with van der Waals surface area (Å²) in [7, 11) is 0. The van der Waals surface area contributed by atoms with Crippen molar-refractivity contribution in [2.24, 2.45) is 0 Å². The normalized spacial score (nSPS) is 22.3. The lowest BCUT2D eigenvalue weighted by Gasteiger charge is -2.41. The second-order valence-electron chi connectivity index (χ2n) is 4.91. The summed E-state index contributed by atoms with van der Waals surface area (Å²) < 4.78 is 5.45. The van der Waals surface area contributed by atoms with E-state index in [1.807, 2.05) is 35.2 Å². The molecule has 3 rings (SSSR count). The molecule has 3 nitrogen and oxygen atoms in total. The summed E-state index contributed by atoms with van der Waals surface area (Å²) in [5.41, 5.74) is 1.14. The zero-order chi connectivity index (χ0) is 13.2. The molecule has 2 aliphatic heterocycles. The van der Waals surface area contributed by atoms with Crippen molar-refractivity contribution in [1.82, 2.24) is 4.90 Å². The van der Waals surface area contributed by atoms with Crippen LogP contribution in [0, 0.1) is 0 Å². The highest BCUT2D eigenvalue weighted by Crippen LogP contribution is 2.35. The molecule has 0 aromatic heterocycles. The lowest BCUT2D eigenvalue weighted by molar-refractivity contribution is -0.139. The number of rotatable bonds is 2. The second kappa shape index (κ2) is 5.25. The Morgan fingerprint density at radius 2 is 2.11 bits per heavy atom. The first-order valence-electron chi connectivity index (χ1n) is 6.65. The lowest BCUT2D eigenvalue weighted by Crippen LogP contribution is -2.46. The lowest BCUT2D eigenvalue weighted by atomic mass is 9.94. The van der Waals surface area contributed by atoms with E-state index in [0.29, 0.717) is 12.4 Å². The van der Waals surface area contributed by atoms with E-state index < -0.39 is 0 Å². The van der Waals surface area contributed by atoms with Crippen LogP contribution in [-0.4, -0.2) is 24.0 Å². The third-order valence-corrected chi connectivity index (χ3v) is 3.93. The Kier molecular flexibility index (Phi) is 3.47. The van der Waals surface area contributed by atoms with Gasteiger partial charge in [-0.2, -0.15) is 0 Å². The van der Waals surface area contributed by atoms with Crippen LogP contribution in [0.15, 0.2) is 36.1 Å². The Morgan fingerprint density at radius 1 is 1.32 bits per heavy atom. The average Bonchev–Trinajstić information content (AvgIpc) is 2.41. The van der Waals surface area contributed by atoms with Crippen LogP contribution < -0.4 is 0 Å². The molecular weight excluding hydrogens is 262 g/mol.